The maximum absolute atomic E-state index is 13.1. The number of hydrogen-bond acceptors (Lipinski definition) is 1. The van der Waals surface area contributed by atoms with Crippen molar-refractivity contribution in [1.29, 1.82) is 0 Å². The zero-order chi connectivity index (χ0) is 11.7. The van der Waals surface area contributed by atoms with Gasteiger partial charge in [-0.05, 0) is 12.1 Å². The minimum atomic E-state index is -5.52. The van der Waals surface area contributed by atoms with Gasteiger partial charge < -0.3 is 9.79 Å². The maximum Gasteiger partial charge on any atom is 0.399 e. The number of alkyl halides is 2. The lowest BCUT2D eigenvalue weighted by molar-refractivity contribution is 0.0564. The van der Waals surface area contributed by atoms with Gasteiger partial charge in [0.05, 0.1) is 0 Å². The molecule has 0 unspecified atom stereocenters. The van der Waals surface area contributed by atoms with E-state index in [-0.39, 0.29) is 5.56 Å². The summed E-state index contributed by atoms with van der Waals surface area (Å²) >= 11 is 0. The first-order chi connectivity index (χ1) is 6.79. The molecule has 0 atom stereocenters. The molecule has 15 heavy (non-hydrogen) atoms. The molecule has 3 nitrogen and oxygen atoms in total. The SMILES string of the molecule is C#Cc1cccc(C(F)(F)P(=O)(O)O)c1. The number of terminal acetylenes is 1. The number of halogens is 2. The average molecular weight is 232 g/mol. The van der Waals surface area contributed by atoms with Gasteiger partial charge in [0.2, 0.25) is 0 Å². The van der Waals surface area contributed by atoms with E-state index in [4.69, 9.17) is 16.2 Å². The molecule has 1 aromatic carbocycles. The molecule has 0 aliphatic heterocycles. The largest absolute Gasteiger partial charge is 0.399 e. The smallest absolute Gasteiger partial charge is 0.320 e. The number of rotatable bonds is 2. The predicted molar refractivity (Wildman–Crippen MR) is 50.3 cm³/mol. The van der Waals surface area contributed by atoms with E-state index in [0.29, 0.717) is 0 Å². The van der Waals surface area contributed by atoms with Crippen molar-refractivity contribution in [3.63, 3.8) is 0 Å². The topological polar surface area (TPSA) is 57.5 Å². The van der Waals surface area contributed by atoms with Gasteiger partial charge >= 0.3 is 13.3 Å². The van der Waals surface area contributed by atoms with Crippen LogP contribution in [0.25, 0.3) is 0 Å². The first kappa shape index (κ1) is 11.9. The summed E-state index contributed by atoms with van der Waals surface area (Å²) < 4.78 is 36.8. The highest BCUT2D eigenvalue weighted by Gasteiger charge is 2.50. The predicted octanol–water partition coefficient (Wildman–Crippen LogP) is 1.89. The Morgan fingerprint density at radius 1 is 1.40 bits per heavy atom. The van der Waals surface area contributed by atoms with E-state index in [2.05, 4.69) is 5.92 Å². The van der Waals surface area contributed by atoms with Crippen LogP contribution in [-0.2, 0) is 10.2 Å². The Kier molecular flexibility index (Phi) is 2.96. The Balaban J connectivity index is 3.29. The fraction of sp³-hybridized carbons (Fsp3) is 0.111. The van der Waals surface area contributed by atoms with E-state index in [9.17, 15) is 13.3 Å². The van der Waals surface area contributed by atoms with Crippen LogP contribution >= 0.6 is 7.60 Å². The van der Waals surface area contributed by atoms with Gasteiger partial charge in [0.1, 0.15) is 0 Å². The van der Waals surface area contributed by atoms with Gasteiger partial charge in [-0.3, -0.25) is 4.57 Å². The fourth-order valence-electron chi connectivity index (χ4n) is 0.964. The first-order valence-corrected chi connectivity index (χ1v) is 5.41. The highest BCUT2D eigenvalue weighted by atomic mass is 31.2. The van der Waals surface area contributed by atoms with Crippen molar-refractivity contribution in [1.82, 2.24) is 0 Å². The fourth-order valence-corrected chi connectivity index (χ4v) is 1.44. The molecular weight excluding hydrogens is 225 g/mol. The van der Waals surface area contributed by atoms with E-state index >= 15 is 0 Å². The molecule has 0 saturated carbocycles. The summed E-state index contributed by atoms with van der Waals surface area (Å²) in [5.74, 6) is 2.10. The summed E-state index contributed by atoms with van der Waals surface area (Å²) in [6, 6.07) is 4.40. The molecule has 0 fully saturated rings. The van der Waals surface area contributed by atoms with Crippen LogP contribution in [0.3, 0.4) is 0 Å². The summed E-state index contributed by atoms with van der Waals surface area (Å²) in [7, 11) is -5.52. The zero-order valence-corrected chi connectivity index (χ0v) is 8.29. The molecule has 0 radical (unpaired) electrons. The molecule has 1 aromatic rings. The van der Waals surface area contributed by atoms with Gasteiger partial charge in [0, 0.05) is 11.1 Å². The lowest BCUT2D eigenvalue weighted by atomic mass is 10.1. The van der Waals surface area contributed by atoms with Crippen LogP contribution in [0.4, 0.5) is 8.78 Å². The molecule has 80 valence electrons. The minimum Gasteiger partial charge on any atom is -0.320 e. The van der Waals surface area contributed by atoms with E-state index in [1.165, 1.54) is 12.1 Å². The monoisotopic (exact) mass is 232 g/mol. The van der Waals surface area contributed by atoms with Gasteiger partial charge in [0.25, 0.3) is 0 Å². The number of benzene rings is 1. The van der Waals surface area contributed by atoms with Crippen molar-refractivity contribution in [2.45, 2.75) is 5.66 Å². The van der Waals surface area contributed by atoms with Crippen LogP contribution in [0.15, 0.2) is 24.3 Å². The quantitative estimate of drug-likeness (QED) is 0.604. The molecule has 0 aliphatic carbocycles. The molecule has 0 aliphatic rings. The number of hydrogen-bond donors (Lipinski definition) is 2. The van der Waals surface area contributed by atoms with Crippen molar-refractivity contribution < 1.29 is 23.1 Å². The Morgan fingerprint density at radius 3 is 2.47 bits per heavy atom. The molecule has 0 aromatic heterocycles. The lowest BCUT2D eigenvalue weighted by Gasteiger charge is -2.17. The normalized spacial score (nSPS) is 12.2. The highest BCUT2D eigenvalue weighted by molar-refractivity contribution is 7.52. The molecule has 2 N–H and O–H groups in total. The third-order valence-electron chi connectivity index (χ3n) is 1.74. The third kappa shape index (κ3) is 2.24. The molecule has 0 heterocycles. The van der Waals surface area contributed by atoms with Crippen molar-refractivity contribution in [3.8, 4) is 12.3 Å². The molecule has 1 rings (SSSR count). The maximum atomic E-state index is 13.1. The molecule has 0 spiro atoms. The van der Waals surface area contributed by atoms with Gasteiger partial charge in [-0.1, -0.05) is 18.1 Å². The molecule has 0 saturated heterocycles. The van der Waals surface area contributed by atoms with Crippen LogP contribution in [0.5, 0.6) is 0 Å². The Bertz CT molecular complexity index is 459. The van der Waals surface area contributed by atoms with Crippen molar-refractivity contribution in [3.05, 3.63) is 35.4 Å². The van der Waals surface area contributed by atoms with Crippen LogP contribution in [0, 0.1) is 12.3 Å². The minimum absolute atomic E-state index is 0.139. The van der Waals surface area contributed by atoms with Crippen LogP contribution < -0.4 is 0 Å². The second-order valence-corrected chi connectivity index (χ2v) is 4.46. The summed E-state index contributed by atoms with van der Waals surface area (Å²) in [5, 5.41) is 0. The molecule has 6 heteroatoms. The second-order valence-electron chi connectivity index (χ2n) is 2.81. The second kappa shape index (κ2) is 3.74. The van der Waals surface area contributed by atoms with Gasteiger partial charge in [-0.2, -0.15) is 8.78 Å². The van der Waals surface area contributed by atoms with Gasteiger partial charge in [-0.15, -0.1) is 6.42 Å². The first-order valence-electron chi connectivity index (χ1n) is 3.79. The highest BCUT2D eigenvalue weighted by Crippen LogP contribution is 2.59. The van der Waals surface area contributed by atoms with Gasteiger partial charge in [0.15, 0.2) is 0 Å². The summed E-state index contributed by atoms with van der Waals surface area (Å²) in [4.78, 5) is 16.9. The average Bonchev–Trinajstić information content (AvgIpc) is 2.16. The van der Waals surface area contributed by atoms with E-state index in [1.54, 1.807) is 0 Å². The molecule has 0 bridgehead atoms. The summed E-state index contributed by atoms with van der Waals surface area (Å²) in [6.45, 7) is 0. The van der Waals surface area contributed by atoms with E-state index in [0.717, 1.165) is 12.1 Å². The standard InChI is InChI=1S/C9H7F2O3P/c1-2-7-4-3-5-8(6-7)9(10,11)15(12,13)14/h1,3-6H,(H2,12,13,14). The van der Waals surface area contributed by atoms with Crippen LogP contribution in [0.1, 0.15) is 11.1 Å². The van der Waals surface area contributed by atoms with E-state index < -0.39 is 18.8 Å². The molecule has 0 amide bonds. The summed E-state index contributed by atoms with van der Waals surface area (Å²) in [6.07, 6.45) is 4.98. The lowest BCUT2D eigenvalue weighted by Crippen LogP contribution is -2.13. The third-order valence-corrected chi connectivity index (χ3v) is 2.73. The van der Waals surface area contributed by atoms with Crippen molar-refractivity contribution in [2.75, 3.05) is 0 Å². The van der Waals surface area contributed by atoms with Crippen molar-refractivity contribution in [2.24, 2.45) is 0 Å². The van der Waals surface area contributed by atoms with Crippen LogP contribution in [-0.4, -0.2) is 9.79 Å². The Labute approximate surface area is 84.9 Å². The Morgan fingerprint density at radius 2 is 2.00 bits per heavy atom. The van der Waals surface area contributed by atoms with Crippen LogP contribution in [0.2, 0.25) is 0 Å². The van der Waals surface area contributed by atoms with E-state index in [1.807, 2.05) is 0 Å². The zero-order valence-electron chi connectivity index (χ0n) is 7.39. The Hall–Kier alpha value is -1.21. The summed E-state index contributed by atoms with van der Waals surface area (Å²) in [5.41, 5.74) is -4.85. The molecular formula is C9H7F2O3P. The van der Waals surface area contributed by atoms with Crippen molar-refractivity contribution >= 4 is 7.60 Å². The van der Waals surface area contributed by atoms with Gasteiger partial charge in [-0.25, -0.2) is 0 Å².